The fourth-order valence-corrected chi connectivity index (χ4v) is 2.93. The molecule has 0 aliphatic heterocycles. The van der Waals surface area contributed by atoms with E-state index in [9.17, 15) is 29.4 Å². The monoisotopic (exact) mass is 436 g/mol. The van der Waals surface area contributed by atoms with Gasteiger partial charge in [-0.3, -0.25) is 14.4 Å². The summed E-state index contributed by atoms with van der Waals surface area (Å²) in [7, 11) is 0. The number of nitrogens with one attached hydrogen (secondary N) is 3. The standard InChI is InChI=1S/C21H32N4O6/c1-12(2)9-15(20(29)25-18(13(3)26)21(30)31)24-19(28)16(23-17(27)11-22)10-14-7-5-4-6-8-14/h4-8,12-13,15-16,18,26H,9-11,22H2,1-3H3,(H,23,27)(H,24,28)(H,25,29)(H,30,31). The normalized spacial score (nSPS) is 14.8. The molecule has 172 valence electrons. The Hall–Kier alpha value is -2.98. The molecule has 0 aliphatic rings. The number of aliphatic hydroxyl groups excluding tert-OH is 1. The van der Waals surface area contributed by atoms with E-state index < -0.39 is 47.9 Å². The van der Waals surface area contributed by atoms with Crippen molar-refractivity contribution < 1.29 is 29.4 Å². The van der Waals surface area contributed by atoms with E-state index in [-0.39, 0.29) is 25.3 Å². The number of amides is 3. The van der Waals surface area contributed by atoms with Crippen molar-refractivity contribution in [3.05, 3.63) is 35.9 Å². The quantitative estimate of drug-likeness (QED) is 0.248. The van der Waals surface area contributed by atoms with Crippen molar-refractivity contribution in [2.75, 3.05) is 6.54 Å². The number of hydrogen-bond donors (Lipinski definition) is 6. The zero-order valence-corrected chi connectivity index (χ0v) is 18.0. The van der Waals surface area contributed by atoms with Gasteiger partial charge in [-0.15, -0.1) is 0 Å². The van der Waals surface area contributed by atoms with Crippen LogP contribution in [0, 0.1) is 5.92 Å². The molecule has 1 aromatic carbocycles. The van der Waals surface area contributed by atoms with Gasteiger partial charge in [-0.2, -0.15) is 0 Å². The fourth-order valence-electron chi connectivity index (χ4n) is 2.93. The van der Waals surface area contributed by atoms with Crippen molar-refractivity contribution in [3.8, 4) is 0 Å². The molecule has 1 aromatic rings. The molecule has 3 amide bonds. The van der Waals surface area contributed by atoms with Crippen LogP contribution in [0.25, 0.3) is 0 Å². The largest absolute Gasteiger partial charge is 0.480 e. The average molecular weight is 437 g/mol. The predicted molar refractivity (Wildman–Crippen MR) is 114 cm³/mol. The lowest BCUT2D eigenvalue weighted by molar-refractivity contribution is -0.145. The smallest absolute Gasteiger partial charge is 0.328 e. The second-order valence-electron chi connectivity index (χ2n) is 7.77. The molecule has 0 radical (unpaired) electrons. The summed E-state index contributed by atoms with van der Waals surface area (Å²) in [5.41, 5.74) is 6.15. The number of hydrogen-bond acceptors (Lipinski definition) is 6. The highest BCUT2D eigenvalue weighted by atomic mass is 16.4. The summed E-state index contributed by atoms with van der Waals surface area (Å²) in [6.45, 7) is 4.62. The van der Waals surface area contributed by atoms with Crippen molar-refractivity contribution in [1.29, 1.82) is 0 Å². The third-order valence-corrected chi connectivity index (χ3v) is 4.51. The molecule has 10 heteroatoms. The summed E-state index contributed by atoms with van der Waals surface area (Å²) in [6.07, 6.45) is -0.918. The summed E-state index contributed by atoms with van der Waals surface area (Å²) < 4.78 is 0. The summed E-state index contributed by atoms with van der Waals surface area (Å²) in [4.78, 5) is 48.7. The molecule has 31 heavy (non-hydrogen) atoms. The van der Waals surface area contributed by atoms with Crippen LogP contribution in [0.3, 0.4) is 0 Å². The topological polar surface area (TPSA) is 171 Å². The maximum absolute atomic E-state index is 12.9. The minimum absolute atomic E-state index is 0.00270. The van der Waals surface area contributed by atoms with E-state index in [4.69, 9.17) is 5.73 Å². The average Bonchev–Trinajstić information content (AvgIpc) is 2.70. The van der Waals surface area contributed by atoms with Gasteiger partial charge in [0.15, 0.2) is 6.04 Å². The van der Waals surface area contributed by atoms with Crippen LogP contribution in [0.15, 0.2) is 30.3 Å². The van der Waals surface area contributed by atoms with E-state index in [1.165, 1.54) is 6.92 Å². The lowest BCUT2D eigenvalue weighted by Gasteiger charge is -2.26. The Bertz CT molecular complexity index is 753. The van der Waals surface area contributed by atoms with E-state index >= 15 is 0 Å². The molecule has 0 bridgehead atoms. The zero-order valence-electron chi connectivity index (χ0n) is 18.0. The first-order valence-electron chi connectivity index (χ1n) is 10.1. The van der Waals surface area contributed by atoms with Gasteiger partial charge in [-0.05, 0) is 24.8 Å². The minimum atomic E-state index is -1.52. The molecule has 0 fully saturated rings. The van der Waals surface area contributed by atoms with Crippen LogP contribution in [0.2, 0.25) is 0 Å². The SMILES string of the molecule is CC(C)CC(NC(=O)C(Cc1ccccc1)NC(=O)CN)C(=O)NC(C(=O)O)C(C)O. The van der Waals surface area contributed by atoms with Gasteiger partial charge in [0, 0.05) is 6.42 Å². The van der Waals surface area contributed by atoms with Gasteiger partial charge in [-0.25, -0.2) is 4.79 Å². The van der Waals surface area contributed by atoms with Gasteiger partial charge in [0.1, 0.15) is 12.1 Å². The van der Waals surface area contributed by atoms with Crippen molar-refractivity contribution in [2.24, 2.45) is 11.7 Å². The number of nitrogens with two attached hydrogens (primary N) is 1. The Morgan fingerprint density at radius 1 is 0.935 bits per heavy atom. The van der Waals surface area contributed by atoms with Crippen LogP contribution in [-0.4, -0.2) is 64.7 Å². The highest BCUT2D eigenvalue weighted by Gasteiger charge is 2.31. The maximum atomic E-state index is 12.9. The highest BCUT2D eigenvalue weighted by Crippen LogP contribution is 2.09. The van der Waals surface area contributed by atoms with E-state index in [2.05, 4.69) is 16.0 Å². The van der Waals surface area contributed by atoms with E-state index in [0.29, 0.717) is 0 Å². The van der Waals surface area contributed by atoms with Crippen LogP contribution in [0.1, 0.15) is 32.8 Å². The first-order chi connectivity index (χ1) is 14.5. The van der Waals surface area contributed by atoms with Crippen LogP contribution in [0.4, 0.5) is 0 Å². The molecule has 0 heterocycles. The number of carboxylic acids is 1. The van der Waals surface area contributed by atoms with E-state index in [0.717, 1.165) is 5.56 Å². The van der Waals surface area contributed by atoms with Crippen molar-refractivity contribution in [3.63, 3.8) is 0 Å². The minimum Gasteiger partial charge on any atom is -0.480 e. The van der Waals surface area contributed by atoms with Crippen LogP contribution < -0.4 is 21.7 Å². The number of benzene rings is 1. The van der Waals surface area contributed by atoms with Crippen LogP contribution in [-0.2, 0) is 25.6 Å². The second-order valence-corrected chi connectivity index (χ2v) is 7.77. The van der Waals surface area contributed by atoms with Gasteiger partial charge in [0.05, 0.1) is 12.6 Å². The number of carbonyl (C=O) groups is 4. The third-order valence-electron chi connectivity index (χ3n) is 4.51. The first-order valence-corrected chi connectivity index (χ1v) is 10.1. The fraction of sp³-hybridized carbons (Fsp3) is 0.524. The predicted octanol–water partition coefficient (Wildman–Crippen LogP) is -0.846. The van der Waals surface area contributed by atoms with Crippen molar-refractivity contribution in [2.45, 2.75) is 57.8 Å². The summed E-state index contributed by atoms with van der Waals surface area (Å²) in [5.74, 6) is -3.26. The number of carboxylic acid groups (broad SMARTS) is 1. The summed E-state index contributed by atoms with van der Waals surface area (Å²) >= 11 is 0. The Balaban J connectivity index is 3.01. The van der Waals surface area contributed by atoms with Gasteiger partial charge < -0.3 is 31.9 Å². The Kier molecular flexibility index (Phi) is 10.6. The summed E-state index contributed by atoms with van der Waals surface area (Å²) in [6, 6.07) is 5.46. The lowest BCUT2D eigenvalue weighted by atomic mass is 10.0. The Labute approximate surface area is 181 Å². The van der Waals surface area contributed by atoms with Crippen molar-refractivity contribution in [1.82, 2.24) is 16.0 Å². The number of aliphatic carboxylic acids is 1. The first kappa shape index (κ1) is 26.1. The van der Waals surface area contributed by atoms with Gasteiger partial charge in [0.2, 0.25) is 17.7 Å². The highest BCUT2D eigenvalue weighted by molar-refractivity contribution is 5.93. The molecular formula is C21H32N4O6. The molecular weight excluding hydrogens is 404 g/mol. The summed E-state index contributed by atoms with van der Waals surface area (Å²) in [5, 5.41) is 26.2. The Morgan fingerprint density at radius 3 is 2.00 bits per heavy atom. The molecule has 1 rings (SSSR count). The zero-order chi connectivity index (χ0) is 23.6. The lowest BCUT2D eigenvalue weighted by Crippen LogP contribution is -2.58. The molecule has 0 aromatic heterocycles. The molecule has 4 unspecified atom stereocenters. The van der Waals surface area contributed by atoms with Crippen molar-refractivity contribution >= 4 is 23.7 Å². The maximum Gasteiger partial charge on any atom is 0.328 e. The molecule has 0 spiro atoms. The molecule has 4 atom stereocenters. The molecule has 7 N–H and O–H groups in total. The third kappa shape index (κ3) is 9.14. The molecule has 10 nitrogen and oxygen atoms in total. The molecule has 0 saturated carbocycles. The van der Waals surface area contributed by atoms with E-state index in [1.807, 2.05) is 19.9 Å². The van der Waals surface area contributed by atoms with Gasteiger partial charge in [0.25, 0.3) is 0 Å². The Morgan fingerprint density at radius 2 is 1.52 bits per heavy atom. The van der Waals surface area contributed by atoms with Crippen LogP contribution >= 0.6 is 0 Å². The van der Waals surface area contributed by atoms with Gasteiger partial charge >= 0.3 is 5.97 Å². The second kappa shape index (κ2) is 12.7. The molecule has 0 aliphatic carbocycles. The van der Waals surface area contributed by atoms with E-state index in [1.54, 1.807) is 24.3 Å². The van der Waals surface area contributed by atoms with Crippen LogP contribution in [0.5, 0.6) is 0 Å². The number of carbonyl (C=O) groups excluding carboxylic acids is 3. The number of aliphatic hydroxyl groups is 1. The van der Waals surface area contributed by atoms with Gasteiger partial charge in [-0.1, -0.05) is 44.2 Å². The molecule has 0 saturated heterocycles. The number of rotatable bonds is 12.